The Morgan fingerprint density at radius 2 is 1.45 bits per heavy atom. The Kier molecular flexibility index (Phi) is 2.06. The molecule has 0 N–H and O–H groups in total. The molecule has 1 aliphatic carbocycles. The van der Waals surface area contributed by atoms with E-state index in [1.807, 2.05) is 0 Å². The first-order valence-corrected chi connectivity index (χ1v) is 5.49. The second-order valence-electron chi connectivity index (χ2n) is 2.80. The molecule has 0 aromatic heterocycles. The number of hydrogen-bond donors (Lipinski definition) is 0. The van der Waals surface area contributed by atoms with Crippen LogP contribution in [-0.2, 0) is 0 Å². The third-order valence-corrected chi connectivity index (χ3v) is 3.82. The smallest absolute Gasteiger partial charge is 0.0412 e. The van der Waals surface area contributed by atoms with Crippen molar-refractivity contribution in [3.05, 3.63) is 35.4 Å². The summed E-state index contributed by atoms with van der Waals surface area (Å²) in [4.78, 5) is 1.09. The lowest BCUT2D eigenvalue weighted by Gasteiger charge is -2.00. The number of hydrogen-bond acceptors (Lipinski definition) is 0. The standard InChI is InChI=1S/C9H8Br2/c10-8-5-9(11)7-4-2-1-3-6(7)8/h1-4,8-9H,5H2. The van der Waals surface area contributed by atoms with Gasteiger partial charge in [-0.15, -0.1) is 0 Å². The van der Waals surface area contributed by atoms with Crippen LogP contribution in [0.3, 0.4) is 0 Å². The quantitative estimate of drug-likeness (QED) is 0.629. The number of fused-ring (bicyclic) bond motifs is 1. The first-order chi connectivity index (χ1) is 5.29. The summed E-state index contributed by atoms with van der Waals surface area (Å²) in [6.45, 7) is 0. The van der Waals surface area contributed by atoms with E-state index in [0.29, 0.717) is 9.65 Å². The Balaban J connectivity index is 2.52. The molecule has 2 heteroatoms. The first kappa shape index (κ1) is 7.81. The highest BCUT2D eigenvalue weighted by atomic mass is 79.9. The van der Waals surface area contributed by atoms with Crippen LogP contribution >= 0.6 is 31.9 Å². The van der Waals surface area contributed by atoms with E-state index >= 15 is 0 Å². The van der Waals surface area contributed by atoms with Crippen molar-refractivity contribution in [2.45, 2.75) is 16.1 Å². The summed E-state index contributed by atoms with van der Waals surface area (Å²) < 4.78 is 0. The predicted octanol–water partition coefficient (Wildman–Crippen LogP) is 3.96. The van der Waals surface area contributed by atoms with E-state index in [2.05, 4.69) is 56.1 Å². The zero-order valence-corrected chi connectivity index (χ0v) is 9.10. The molecular weight excluding hydrogens is 268 g/mol. The molecule has 2 atom stereocenters. The van der Waals surface area contributed by atoms with Gasteiger partial charge in [-0.2, -0.15) is 0 Å². The van der Waals surface area contributed by atoms with Gasteiger partial charge in [0.25, 0.3) is 0 Å². The summed E-state index contributed by atoms with van der Waals surface area (Å²) in [5.74, 6) is 0. The molecule has 0 heterocycles. The number of halogens is 2. The molecule has 11 heavy (non-hydrogen) atoms. The van der Waals surface area contributed by atoms with E-state index in [9.17, 15) is 0 Å². The highest BCUT2D eigenvalue weighted by molar-refractivity contribution is 9.10. The van der Waals surface area contributed by atoms with E-state index in [4.69, 9.17) is 0 Å². The van der Waals surface area contributed by atoms with Crippen molar-refractivity contribution in [2.75, 3.05) is 0 Å². The maximum absolute atomic E-state index is 3.65. The van der Waals surface area contributed by atoms with Crippen LogP contribution in [0.15, 0.2) is 24.3 Å². The third-order valence-electron chi connectivity index (χ3n) is 2.08. The van der Waals surface area contributed by atoms with Gasteiger partial charge >= 0.3 is 0 Å². The van der Waals surface area contributed by atoms with Gasteiger partial charge in [0.2, 0.25) is 0 Å². The van der Waals surface area contributed by atoms with Crippen LogP contribution < -0.4 is 0 Å². The number of rotatable bonds is 0. The van der Waals surface area contributed by atoms with Crippen LogP contribution in [0.2, 0.25) is 0 Å². The molecule has 0 saturated heterocycles. The van der Waals surface area contributed by atoms with Gasteiger partial charge < -0.3 is 0 Å². The Morgan fingerprint density at radius 3 is 1.91 bits per heavy atom. The molecule has 2 unspecified atom stereocenters. The van der Waals surface area contributed by atoms with Crippen molar-refractivity contribution in [1.29, 1.82) is 0 Å². The molecule has 0 spiro atoms. The monoisotopic (exact) mass is 274 g/mol. The number of alkyl halides is 2. The Morgan fingerprint density at radius 1 is 1.00 bits per heavy atom. The van der Waals surface area contributed by atoms with Crippen molar-refractivity contribution in [3.8, 4) is 0 Å². The van der Waals surface area contributed by atoms with Crippen LogP contribution in [0, 0.1) is 0 Å². The topological polar surface area (TPSA) is 0 Å². The second-order valence-corrected chi connectivity index (χ2v) is 5.01. The van der Waals surface area contributed by atoms with Gasteiger partial charge in [-0.25, -0.2) is 0 Å². The van der Waals surface area contributed by atoms with E-state index < -0.39 is 0 Å². The van der Waals surface area contributed by atoms with Crippen molar-refractivity contribution < 1.29 is 0 Å². The molecule has 0 amide bonds. The minimum Gasteiger partial charge on any atom is -0.0838 e. The van der Waals surface area contributed by atoms with Gasteiger partial charge in [0.15, 0.2) is 0 Å². The van der Waals surface area contributed by atoms with Crippen LogP contribution in [0.4, 0.5) is 0 Å². The summed E-state index contributed by atoms with van der Waals surface area (Å²) in [5.41, 5.74) is 2.88. The largest absolute Gasteiger partial charge is 0.0838 e. The highest BCUT2D eigenvalue weighted by Gasteiger charge is 2.26. The van der Waals surface area contributed by atoms with Gasteiger partial charge in [-0.3, -0.25) is 0 Å². The number of benzene rings is 1. The molecule has 1 aromatic carbocycles. The molecule has 0 radical (unpaired) electrons. The predicted molar refractivity (Wildman–Crippen MR) is 54.4 cm³/mol. The fourth-order valence-electron chi connectivity index (χ4n) is 1.52. The fourth-order valence-corrected chi connectivity index (χ4v) is 3.60. The summed E-state index contributed by atoms with van der Waals surface area (Å²) >= 11 is 7.29. The van der Waals surface area contributed by atoms with Crippen molar-refractivity contribution >= 4 is 31.9 Å². The normalized spacial score (nSPS) is 28.5. The maximum atomic E-state index is 3.65. The third kappa shape index (κ3) is 1.27. The fraction of sp³-hybridized carbons (Fsp3) is 0.333. The van der Waals surface area contributed by atoms with Crippen molar-refractivity contribution in [3.63, 3.8) is 0 Å². The van der Waals surface area contributed by atoms with Gasteiger partial charge in [0, 0.05) is 9.65 Å². The molecule has 1 aliphatic rings. The minimum absolute atomic E-state index is 0.545. The molecule has 0 fully saturated rings. The lowest BCUT2D eigenvalue weighted by molar-refractivity contribution is 0.896. The first-order valence-electron chi connectivity index (χ1n) is 3.66. The Labute approximate surface area is 83.3 Å². The Bertz CT molecular complexity index is 243. The molecule has 2 rings (SSSR count). The minimum atomic E-state index is 0.545. The van der Waals surface area contributed by atoms with Crippen molar-refractivity contribution in [2.24, 2.45) is 0 Å². The molecule has 0 saturated carbocycles. The second kappa shape index (κ2) is 2.91. The maximum Gasteiger partial charge on any atom is 0.0412 e. The average molecular weight is 276 g/mol. The van der Waals surface area contributed by atoms with Crippen molar-refractivity contribution in [1.82, 2.24) is 0 Å². The van der Waals surface area contributed by atoms with Crippen LogP contribution in [0.5, 0.6) is 0 Å². The molecule has 0 bridgehead atoms. The molecule has 1 aromatic rings. The Hall–Kier alpha value is 0.180. The van der Waals surface area contributed by atoms with Crippen LogP contribution in [0.25, 0.3) is 0 Å². The van der Waals surface area contributed by atoms with Gasteiger partial charge in [0.1, 0.15) is 0 Å². The van der Waals surface area contributed by atoms with E-state index in [1.165, 1.54) is 17.5 Å². The summed E-state index contributed by atoms with van der Waals surface area (Å²) in [7, 11) is 0. The van der Waals surface area contributed by atoms with Gasteiger partial charge in [-0.1, -0.05) is 56.1 Å². The van der Waals surface area contributed by atoms with E-state index in [1.54, 1.807) is 0 Å². The summed E-state index contributed by atoms with van der Waals surface area (Å²) in [5, 5.41) is 0. The van der Waals surface area contributed by atoms with E-state index in [0.717, 1.165) is 0 Å². The zero-order valence-electron chi connectivity index (χ0n) is 5.93. The lowest BCUT2D eigenvalue weighted by atomic mass is 10.1. The van der Waals surface area contributed by atoms with Crippen LogP contribution in [0.1, 0.15) is 27.2 Å². The van der Waals surface area contributed by atoms with E-state index in [-0.39, 0.29) is 0 Å². The summed E-state index contributed by atoms with van der Waals surface area (Å²) in [6, 6.07) is 8.57. The van der Waals surface area contributed by atoms with Crippen LogP contribution in [-0.4, -0.2) is 0 Å². The lowest BCUT2D eigenvalue weighted by Crippen LogP contribution is -1.81. The molecule has 0 nitrogen and oxygen atoms in total. The molecule has 0 aliphatic heterocycles. The SMILES string of the molecule is BrC1CC(Br)c2ccccc21. The van der Waals surface area contributed by atoms with Gasteiger partial charge in [-0.05, 0) is 17.5 Å². The average Bonchev–Trinajstić information content (AvgIpc) is 2.30. The molecule has 58 valence electrons. The zero-order chi connectivity index (χ0) is 7.84. The highest BCUT2D eigenvalue weighted by Crippen LogP contribution is 2.47. The molecular formula is C9H8Br2. The van der Waals surface area contributed by atoms with Gasteiger partial charge in [0.05, 0.1) is 0 Å². The summed E-state index contributed by atoms with van der Waals surface area (Å²) in [6.07, 6.45) is 1.17.